The summed E-state index contributed by atoms with van der Waals surface area (Å²) in [5, 5.41) is 8.99. The molecule has 2 rings (SSSR count). The molecule has 3 heteroatoms. The van der Waals surface area contributed by atoms with Gasteiger partial charge in [-0.3, -0.25) is 0 Å². The van der Waals surface area contributed by atoms with E-state index in [-0.39, 0.29) is 0 Å². The number of ether oxygens (including phenoxy) is 1. The van der Waals surface area contributed by atoms with Gasteiger partial charge in [-0.25, -0.2) is 0 Å². The van der Waals surface area contributed by atoms with Crippen LogP contribution in [0.15, 0.2) is 42.5 Å². The van der Waals surface area contributed by atoms with Crippen molar-refractivity contribution in [2.24, 2.45) is 0 Å². The number of nitrogens with two attached hydrogens (primary N) is 1. The van der Waals surface area contributed by atoms with E-state index >= 15 is 0 Å². The van der Waals surface area contributed by atoms with Crippen LogP contribution in [0.3, 0.4) is 0 Å². The predicted molar refractivity (Wildman–Crippen MR) is 71.1 cm³/mol. The van der Waals surface area contributed by atoms with Crippen LogP contribution in [0.25, 0.3) is 0 Å². The number of para-hydroxylation sites is 1. The Morgan fingerprint density at radius 3 is 2.67 bits per heavy atom. The molecule has 0 aliphatic rings. The lowest BCUT2D eigenvalue weighted by atomic mass is 10.1. The third-order valence-electron chi connectivity index (χ3n) is 2.75. The zero-order chi connectivity index (χ0) is 13.0. The molecule has 0 spiro atoms. The van der Waals surface area contributed by atoms with E-state index in [2.05, 4.69) is 6.07 Å². The Morgan fingerprint density at radius 2 is 1.94 bits per heavy atom. The summed E-state index contributed by atoms with van der Waals surface area (Å²) in [5.41, 5.74) is 8.96. The Hall–Kier alpha value is -2.47. The van der Waals surface area contributed by atoms with E-state index in [1.807, 2.05) is 37.3 Å². The predicted octanol–water partition coefficient (Wildman–Crippen LogP) is 3.03. The molecule has 0 saturated carbocycles. The first kappa shape index (κ1) is 12.0. The van der Waals surface area contributed by atoms with E-state index in [0.29, 0.717) is 23.6 Å². The number of aryl methyl sites for hydroxylation is 1. The van der Waals surface area contributed by atoms with Gasteiger partial charge in [-0.2, -0.15) is 5.26 Å². The highest BCUT2D eigenvalue weighted by Crippen LogP contribution is 2.26. The molecule has 2 aromatic rings. The van der Waals surface area contributed by atoms with Crippen LogP contribution < -0.4 is 10.5 Å². The van der Waals surface area contributed by atoms with Gasteiger partial charge in [-0.15, -0.1) is 0 Å². The molecule has 0 heterocycles. The number of hydrogen-bond acceptors (Lipinski definition) is 3. The minimum Gasteiger partial charge on any atom is -0.486 e. The maximum atomic E-state index is 8.99. The fraction of sp³-hybridized carbons (Fsp3) is 0.133. The SMILES string of the molecule is Cc1cccc(N)c1OCc1ccccc1C#N. The fourth-order valence-electron chi connectivity index (χ4n) is 1.78. The molecule has 0 saturated heterocycles. The molecule has 0 atom stereocenters. The maximum Gasteiger partial charge on any atom is 0.145 e. The van der Waals surface area contributed by atoms with Crippen LogP contribution in [0.4, 0.5) is 5.69 Å². The van der Waals surface area contributed by atoms with Crippen molar-refractivity contribution >= 4 is 5.69 Å². The summed E-state index contributed by atoms with van der Waals surface area (Å²) in [6.07, 6.45) is 0. The second kappa shape index (κ2) is 5.24. The molecule has 0 fully saturated rings. The smallest absolute Gasteiger partial charge is 0.145 e. The van der Waals surface area contributed by atoms with Crippen LogP contribution in [-0.2, 0) is 6.61 Å². The van der Waals surface area contributed by atoms with Crippen molar-refractivity contribution < 1.29 is 4.74 Å². The van der Waals surface area contributed by atoms with E-state index in [9.17, 15) is 0 Å². The second-order valence-electron chi connectivity index (χ2n) is 4.05. The Balaban J connectivity index is 2.20. The van der Waals surface area contributed by atoms with Crippen LogP contribution in [0.5, 0.6) is 5.75 Å². The minimum absolute atomic E-state index is 0.346. The molecule has 0 aliphatic carbocycles. The average molecular weight is 238 g/mol. The molecule has 0 amide bonds. The molecule has 0 aliphatic heterocycles. The highest BCUT2D eigenvalue weighted by molar-refractivity contribution is 5.56. The minimum atomic E-state index is 0.346. The summed E-state index contributed by atoms with van der Waals surface area (Å²) in [6.45, 7) is 2.29. The van der Waals surface area contributed by atoms with Gasteiger partial charge in [0.1, 0.15) is 12.4 Å². The summed E-state index contributed by atoms with van der Waals surface area (Å²) < 4.78 is 5.72. The first-order valence-corrected chi connectivity index (χ1v) is 5.68. The topological polar surface area (TPSA) is 59.0 Å². The van der Waals surface area contributed by atoms with Crippen LogP contribution in [-0.4, -0.2) is 0 Å². The lowest BCUT2D eigenvalue weighted by Crippen LogP contribution is -2.02. The van der Waals surface area contributed by atoms with Gasteiger partial charge in [-0.05, 0) is 24.6 Å². The standard InChI is InChI=1S/C15H14N2O/c1-11-5-4-8-14(17)15(11)18-10-13-7-3-2-6-12(13)9-16/h2-8H,10,17H2,1H3. The molecule has 0 radical (unpaired) electrons. The monoisotopic (exact) mass is 238 g/mol. The summed E-state index contributed by atoms with van der Waals surface area (Å²) in [4.78, 5) is 0. The van der Waals surface area contributed by atoms with Crippen molar-refractivity contribution in [1.82, 2.24) is 0 Å². The Kier molecular flexibility index (Phi) is 3.49. The lowest BCUT2D eigenvalue weighted by molar-refractivity contribution is 0.305. The quantitative estimate of drug-likeness (QED) is 0.836. The van der Waals surface area contributed by atoms with E-state index < -0.39 is 0 Å². The van der Waals surface area contributed by atoms with Gasteiger partial charge in [0.15, 0.2) is 0 Å². The number of rotatable bonds is 3. The van der Waals surface area contributed by atoms with Gasteiger partial charge in [0.2, 0.25) is 0 Å². The van der Waals surface area contributed by atoms with Crippen LogP contribution in [0.2, 0.25) is 0 Å². The normalized spacial score (nSPS) is 9.78. The highest BCUT2D eigenvalue weighted by atomic mass is 16.5. The molecule has 90 valence electrons. The zero-order valence-electron chi connectivity index (χ0n) is 10.2. The second-order valence-corrected chi connectivity index (χ2v) is 4.05. The van der Waals surface area contributed by atoms with E-state index in [1.54, 1.807) is 12.1 Å². The fourth-order valence-corrected chi connectivity index (χ4v) is 1.78. The molecule has 18 heavy (non-hydrogen) atoms. The van der Waals surface area contributed by atoms with E-state index in [0.717, 1.165) is 11.1 Å². The number of nitriles is 1. The molecular formula is C15H14N2O. The van der Waals surface area contributed by atoms with E-state index in [4.69, 9.17) is 15.7 Å². The van der Waals surface area contributed by atoms with Gasteiger partial charge in [-0.1, -0.05) is 30.3 Å². The van der Waals surface area contributed by atoms with Gasteiger partial charge >= 0.3 is 0 Å². The number of nitrogens with zero attached hydrogens (tertiary/aromatic N) is 1. The van der Waals surface area contributed by atoms with Crippen molar-refractivity contribution in [2.75, 3.05) is 5.73 Å². The molecule has 0 bridgehead atoms. The van der Waals surface area contributed by atoms with Gasteiger partial charge in [0.05, 0.1) is 17.3 Å². The van der Waals surface area contributed by atoms with Crippen LogP contribution in [0, 0.1) is 18.3 Å². The first-order valence-electron chi connectivity index (χ1n) is 5.68. The van der Waals surface area contributed by atoms with Crippen molar-refractivity contribution in [2.45, 2.75) is 13.5 Å². The summed E-state index contributed by atoms with van der Waals surface area (Å²) in [7, 11) is 0. The molecule has 0 aromatic heterocycles. The molecule has 3 nitrogen and oxygen atoms in total. The highest BCUT2D eigenvalue weighted by Gasteiger charge is 2.06. The Morgan fingerprint density at radius 1 is 1.17 bits per heavy atom. The molecule has 2 aromatic carbocycles. The van der Waals surface area contributed by atoms with Gasteiger partial charge in [0.25, 0.3) is 0 Å². The van der Waals surface area contributed by atoms with Crippen molar-refractivity contribution in [3.05, 3.63) is 59.2 Å². The summed E-state index contributed by atoms with van der Waals surface area (Å²) in [5.74, 6) is 0.685. The number of hydrogen-bond donors (Lipinski definition) is 1. The van der Waals surface area contributed by atoms with Gasteiger partial charge in [0, 0.05) is 5.56 Å². The first-order chi connectivity index (χ1) is 8.72. The van der Waals surface area contributed by atoms with Crippen molar-refractivity contribution in [3.63, 3.8) is 0 Å². The maximum absolute atomic E-state index is 8.99. The Labute approximate surface area is 106 Å². The third-order valence-corrected chi connectivity index (χ3v) is 2.75. The molecule has 0 unspecified atom stereocenters. The number of benzene rings is 2. The zero-order valence-corrected chi connectivity index (χ0v) is 10.2. The summed E-state index contributed by atoms with van der Waals surface area (Å²) in [6, 6.07) is 15.2. The van der Waals surface area contributed by atoms with Crippen LogP contribution in [0.1, 0.15) is 16.7 Å². The van der Waals surface area contributed by atoms with Crippen molar-refractivity contribution in [3.8, 4) is 11.8 Å². The lowest BCUT2D eigenvalue weighted by Gasteiger charge is -2.12. The summed E-state index contributed by atoms with van der Waals surface area (Å²) >= 11 is 0. The molecule has 2 N–H and O–H groups in total. The average Bonchev–Trinajstić information content (AvgIpc) is 2.38. The number of anilines is 1. The Bertz CT molecular complexity index is 579. The largest absolute Gasteiger partial charge is 0.486 e. The van der Waals surface area contributed by atoms with E-state index in [1.165, 1.54) is 0 Å². The van der Waals surface area contributed by atoms with Crippen molar-refractivity contribution in [1.29, 1.82) is 5.26 Å². The third kappa shape index (κ3) is 2.44. The molecular weight excluding hydrogens is 224 g/mol. The number of nitrogen functional groups attached to an aromatic ring is 1. The van der Waals surface area contributed by atoms with Crippen LogP contribution >= 0.6 is 0 Å². The van der Waals surface area contributed by atoms with Gasteiger partial charge < -0.3 is 10.5 Å².